The van der Waals surface area contributed by atoms with Gasteiger partial charge in [-0.15, -0.1) is 0 Å². The van der Waals surface area contributed by atoms with Gasteiger partial charge in [0.1, 0.15) is 11.3 Å². The fourth-order valence-electron chi connectivity index (χ4n) is 0.785. The second kappa shape index (κ2) is 7.75. The van der Waals surface area contributed by atoms with Crippen LogP contribution in [0, 0.1) is 0 Å². The molecule has 6 heteroatoms. The molecule has 0 unspecified atom stereocenters. The van der Waals surface area contributed by atoms with Crippen molar-refractivity contribution in [1.82, 2.24) is 0 Å². The third-order valence-electron chi connectivity index (χ3n) is 1.46. The molecule has 0 aliphatic heterocycles. The number of para-hydroxylation sites is 1. The average Bonchev–Trinajstić information content (AvgIpc) is 2.27. The van der Waals surface area contributed by atoms with Gasteiger partial charge in [-0.3, -0.25) is 0 Å². The average molecular weight is 240 g/mol. The maximum absolute atomic E-state index is 10.3. The standard InChI is InChI=1S/C7H6O3.C4H6O3/c8-6-4-2-1-3-5(6)7(9)10;1-2-7-3-4(5)6/h1-4,8H,(H,9,10);2H,1,3H2,(H,5,6). The molecule has 92 valence electrons. The van der Waals surface area contributed by atoms with E-state index in [0.717, 1.165) is 6.26 Å². The van der Waals surface area contributed by atoms with Gasteiger partial charge in [0.25, 0.3) is 0 Å². The van der Waals surface area contributed by atoms with Gasteiger partial charge in [0, 0.05) is 0 Å². The first-order chi connectivity index (χ1) is 7.99. The third-order valence-corrected chi connectivity index (χ3v) is 1.46. The maximum Gasteiger partial charge on any atom is 0.341 e. The molecule has 0 bridgehead atoms. The van der Waals surface area contributed by atoms with Crippen LogP contribution in [-0.2, 0) is 9.53 Å². The van der Waals surface area contributed by atoms with E-state index in [2.05, 4.69) is 11.3 Å². The van der Waals surface area contributed by atoms with Crippen molar-refractivity contribution in [3.8, 4) is 5.75 Å². The van der Waals surface area contributed by atoms with Crippen molar-refractivity contribution in [3.63, 3.8) is 0 Å². The quantitative estimate of drug-likeness (QED) is 0.685. The summed E-state index contributed by atoms with van der Waals surface area (Å²) < 4.78 is 4.26. The maximum atomic E-state index is 10.3. The molecule has 0 radical (unpaired) electrons. The minimum atomic E-state index is -1.11. The smallest absolute Gasteiger partial charge is 0.341 e. The number of benzene rings is 1. The molecule has 1 aromatic rings. The van der Waals surface area contributed by atoms with Crippen molar-refractivity contribution in [2.45, 2.75) is 0 Å². The SMILES string of the molecule is C=COCC(=O)O.O=C(O)c1ccccc1O. The normalized spacial score (nSPS) is 8.47. The van der Waals surface area contributed by atoms with Gasteiger partial charge >= 0.3 is 11.9 Å². The van der Waals surface area contributed by atoms with Gasteiger partial charge < -0.3 is 20.1 Å². The van der Waals surface area contributed by atoms with Gasteiger partial charge in [0.2, 0.25) is 0 Å². The molecule has 1 aromatic carbocycles. The minimum Gasteiger partial charge on any atom is -0.507 e. The number of rotatable bonds is 4. The number of aromatic hydroxyl groups is 1. The van der Waals surface area contributed by atoms with Crippen molar-refractivity contribution < 1.29 is 29.6 Å². The lowest BCUT2D eigenvalue weighted by Crippen LogP contribution is -2.02. The van der Waals surface area contributed by atoms with Crippen molar-refractivity contribution in [2.75, 3.05) is 6.61 Å². The highest BCUT2D eigenvalue weighted by molar-refractivity contribution is 5.90. The number of aliphatic carboxylic acids is 1. The van der Waals surface area contributed by atoms with E-state index in [0.29, 0.717) is 0 Å². The van der Waals surface area contributed by atoms with Gasteiger partial charge in [-0.1, -0.05) is 18.7 Å². The van der Waals surface area contributed by atoms with Gasteiger partial charge in [-0.2, -0.15) is 0 Å². The van der Waals surface area contributed by atoms with Crippen LogP contribution < -0.4 is 0 Å². The van der Waals surface area contributed by atoms with Gasteiger partial charge in [0.15, 0.2) is 6.61 Å². The molecule has 1 rings (SSSR count). The molecule has 0 heterocycles. The number of hydrogen-bond acceptors (Lipinski definition) is 4. The van der Waals surface area contributed by atoms with Crippen molar-refractivity contribution >= 4 is 11.9 Å². The van der Waals surface area contributed by atoms with Crippen LogP contribution in [0.3, 0.4) is 0 Å². The highest BCUT2D eigenvalue weighted by Gasteiger charge is 2.05. The molecule has 3 N–H and O–H groups in total. The van der Waals surface area contributed by atoms with Gasteiger partial charge in [-0.05, 0) is 12.1 Å². The predicted octanol–water partition coefficient (Wildman–Crippen LogP) is 1.32. The van der Waals surface area contributed by atoms with Gasteiger partial charge in [-0.25, -0.2) is 9.59 Å². The summed E-state index contributed by atoms with van der Waals surface area (Å²) in [6.45, 7) is 2.84. The molecular weight excluding hydrogens is 228 g/mol. The number of aromatic carboxylic acids is 1. The van der Waals surface area contributed by atoms with E-state index in [1.165, 1.54) is 12.1 Å². The Morgan fingerprint density at radius 3 is 2.18 bits per heavy atom. The lowest BCUT2D eigenvalue weighted by Gasteiger charge is -1.95. The number of hydrogen-bond donors (Lipinski definition) is 3. The van der Waals surface area contributed by atoms with Crippen LogP contribution in [0.15, 0.2) is 37.1 Å². The number of carboxylic acid groups (broad SMARTS) is 2. The van der Waals surface area contributed by atoms with E-state index in [9.17, 15) is 9.59 Å². The molecule has 0 atom stereocenters. The van der Waals surface area contributed by atoms with E-state index < -0.39 is 11.9 Å². The Kier molecular flexibility index (Phi) is 6.61. The minimum absolute atomic E-state index is 0.0671. The molecule has 0 aliphatic rings. The van der Waals surface area contributed by atoms with Crippen molar-refractivity contribution in [1.29, 1.82) is 0 Å². The lowest BCUT2D eigenvalue weighted by molar-refractivity contribution is -0.140. The Hall–Kier alpha value is -2.50. The van der Waals surface area contributed by atoms with Crippen LogP contribution >= 0.6 is 0 Å². The van der Waals surface area contributed by atoms with Crippen LogP contribution in [0.4, 0.5) is 0 Å². The van der Waals surface area contributed by atoms with Crippen LogP contribution in [0.5, 0.6) is 5.75 Å². The zero-order valence-electron chi connectivity index (χ0n) is 8.87. The summed E-state index contributed by atoms with van der Waals surface area (Å²) in [5.74, 6) is -2.30. The van der Waals surface area contributed by atoms with Crippen LogP contribution in [0.25, 0.3) is 0 Å². The monoisotopic (exact) mass is 240 g/mol. The Labute approximate surface area is 97.4 Å². The van der Waals surface area contributed by atoms with E-state index in [-0.39, 0.29) is 17.9 Å². The topological polar surface area (TPSA) is 104 Å². The molecule has 0 fully saturated rings. The molecule has 0 saturated heterocycles. The Bertz CT molecular complexity index is 399. The number of carbonyl (C=O) groups is 2. The highest BCUT2D eigenvalue weighted by Crippen LogP contribution is 2.14. The molecule has 17 heavy (non-hydrogen) atoms. The van der Waals surface area contributed by atoms with Crippen molar-refractivity contribution in [3.05, 3.63) is 42.7 Å². The number of phenols is 1. The van der Waals surface area contributed by atoms with Crippen LogP contribution in [-0.4, -0.2) is 33.9 Å². The first kappa shape index (κ1) is 14.5. The summed E-state index contributed by atoms with van der Waals surface area (Å²) in [7, 11) is 0. The van der Waals surface area contributed by atoms with Crippen LogP contribution in [0.1, 0.15) is 10.4 Å². The Morgan fingerprint density at radius 1 is 1.29 bits per heavy atom. The number of ether oxygens (including phenoxy) is 1. The zero-order valence-corrected chi connectivity index (χ0v) is 8.87. The third kappa shape index (κ3) is 6.56. The Morgan fingerprint density at radius 2 is 1.88 bits per heavy atom. The lowest BCUT2D eigenvalue weighted by atomic mass is 10.2. The summed E-state index contributed by atoms with van der Waals surface area (Å²) in [5.41, 5.74) is -0.0671. The first-order valence-electron chi connectivity index (χ1n) is 4.44. The first-order valence-corrected chi connectivity index (χ1v) is 4.44. The summed E-state index contributed by atoms with van der Waals surface area (Å²) in [6, 6.07) is 5.81. The molecule has 0 aromatic heterocycles. The largest absolute Gasteiger partial charge is 0.507 e. The number of carboxylic acids is 2. The zero-order chi connectivity index (χ0) is 13.3. The summed E-state index contributed by atoms with van der Waals surface area (Å²) >= 11 is 0. The second-order valence-corrected chi connectivity index (χ2v) is 2.69. The summed E-state index contributed by atoms with van der Waals surface area (Å²) in [4.78, 5) is 19.8. The molecule has 0 amide bonds. The Balaban J connectivity index is 0.000000325. The molecule has 0 aliphatic carbocycles. The fourth-order valence-corrected chi connectivity index (χ4v) is 0.785. The molecular formula is C11H12O6. The van der Waals surface area contributed by atoms with Gasteiger partial charge in [0.05, 0.1) is 6.26 Å². The van der Waals surface area contributed by atoms with E-state index in [1.54, 1.807) is 12.1 Å². The van der Waals surface area contributed by atoms with Crippen molar-refractivity contribution in [2.24, 2.45) is 0 Å². The summed E-state index contributed by atoms with van der Waals surface area (Å²) in [6.07, 6.45) is 1.09. The van der Waals surface area contributed by atoms with E-state index in [1.807, 2.05) is 0 Å². The van der Waals surface area contributed by atoms with E-state index >= 15 is 0 Å². The molecule has 0 spiro atoms. The predicted molar refractivity (Wildman–Crippen MR) is 58.9 cm³/mol. The molecule has 0 saturated carbocycles. The second-order valence-electron chi connectivity index (χ2n) is 2.69. The highest BCUT2D eigenvalue weighted by atomic mass is 16.5. The van der Waals surface area contributed by atoms with Crippen LogP contribution in [0.2, 0.25) is 0 Å². The molecule has 6 nitrogen and oxygen atoms in total. The summed E-state index contributed by atoms with van der Waals surface area (Å²) in [5, 5.41) is 25.2. The fraction of sp³-hybridized carbons (Fsp3) is 0.0909. The van der Waals surface area contributed by atoms with E-state index in [4.69, 9.17) is 15.3 Å².